The maximum Gasteiger partial charge on any atom is 0.0991 e. The Labute approximate surface area is 100 Å². The fraction of sp³-hybridized carbons (Fsp3) is 0.133. The predicted octanol–water partition coefficient (Wildman–Crippen LogP) is 4.22. The van der Waals surface area contributed by atoms with Crippen molar-refractivity contribution in [3.63, 3.8) is 0 Å². The second kappa shape index (κ2) is 4.71. The Kier molecular flexibility index (Phi) is 3.11. The van der Waals surface area contributed by atoms with Crippen molar-refractivity contribution in [1.29, 1.82) is 5.26 Å². The fourth-order valence-electron chi connectivity index (χ4n) is 1.92. The Morgan fingerprint density at radius 3 is 2.41 bits per heavy atom. The number of nitrogens with zero attached hydrogens (tertiary/aromatic N) is 1. The minimum atomic E-state index is 0.701. The maximum atomic E-state index is 8.85. The molecule has 2 heteroatoms. The van der Waals surface area contributed by atoms with E-state index in [1.807, 2.05) is 50.2 Å². The summed E-state index contributed by atoms with van der Waals surface area (Å²) in [6.45, 7) is 4.00. The number of nitrogens with one attached hydrogen (secondary N) is 1. The van der Waals surface area contributed by atoms with Gasteiger partial charge < -0.3 is 4.98 Å². The molecule has 84 valence electrons. The third-order valence-corrected chi connectivity index (χ3v) is 2.64. The van der Waals surface area contributed by atoms with E-state index in [1.165, 1.54) is 5.39 Å². The summed E-state index contributed by atoms with van der Waals surface area (Å²) >= 11 is 0. The number of benzene rings is 2. The predicted molar refractivity (Wildman–Crippen MR) is 71.9 cm³/mol. The molecule has 0 aliphatic heterocycles. The van der Waals surface area contributed by atoms with Gasteiger partial charge in [-0.15, -0.1) is 0 Å². The van der Waals surface area contributed by atoms with E-state index < -0.39 is 0 Å². The van der Waals surface area contributed by atoms with E-state index in [0.717, 1.165) is 16.4 Å². The third-order valence-electron chi connectivity index (χ3n) is 2.64. The van der Waals surface area contributed by atoms with Gasteiger partial charge in [-0.25, -0.2) is 0 Å². The monoisotopic (exact) mass is 222 g/mol. The first-order valence-electron chi connectivity index (χ1n) is 5.79. The molecule has 1 aromatic heterocycles. The van der Waals surface area contributed by atoms with Crippen LogP contribution in [0.4, 0.5) is 0 Å². The Balaban J connectivity index is 0.000000514. The Bertz CT molecular complexity index is 687. The molecule has 0 spiro atoms. The number of fused-ring (bicyclic) bond motifs is 3. The van der Waals surface area contributed by atoms with Crippen LogP contribution in [-0.2, 0) is 0 Å². The molecule has 0 radical (unpaired) electrons. The normalized spacial score (nSPS) is 9.71. The number of para-hydroxylation sites is 1. The molecule has 0 aliphatic rings. The molecule has 0 aliphatic carbocycles. The van der Waals surface area contributed by atoms with E-state index >= 15 is 0 Å². The van der Waals surface area contributed by atoms with Crippen LogP contribution in [0.2, 0.25) is 0 Å². The van der Waals surface area contributed by atoms with E-state index in [1.54, 1.807) is 0 Å². The largest absolute Gasteiger partial charge is 0.355 e. The van der Waals surface area contributed by atoms with Crippen molar-refractivity contribution in [2.45, 2.75) is 13.8 Å². The van der Waals surface area contributed by atoms with Gasteiger partial charge >= 0.3 is 0 Å². The minimum Gasteiger partial charge on any atom is -0.355 e. The Morgan fingerprint density at radius 1 is 0.941 bits per heavy atom. The molecule has 3 aromatic rings. The highest BCUT2D eigenvalue weighted by atomic mass is 14.7. The van der Waals surface area contributed by atoms with Gasteiger partial charge in [0, 0.05) is 21.8 Å². The Hall–Kier alpha value is -2.27. The van der Waals surface area contributed by atoms with Gasteiger partial charge in [0.05, 0.1) is 11.6 Å². The highest BCUT2D eigenvalue weighted by molar-refractivity contribution is 6.07. The number of nitriles is 1. The van der Waals surface area contributed by atoms with Crippen molar-refractivity contribution in [3.05, 3.63) is 48.0 Å². The van der Waals surface area contributed by atoms with Crippen LogP contribution in [-0.4, -0.2) is 4.98 Å². The molecule has 0 atom stereocenters. The van der Waals surface area contributed by atoms with Crippen molar-refractivity contribution in [2.24, 2.45) is 0 Å². The third kappa shape index (κ3) is 1.88. The van der Waals surface area contributed by atoms with Gasteiger partial charge in [-0.3, -0.25) is 0 Å². The van der Waals surface area contributed by atoms with E-state index in [0.29, 0.717) is 5.56 Å². The molecule has 0 saturated carbocycles. The molecule has 2 aromatic carbocycles. The summed E-state index contributed by atoms with van der Waals surface area (Å²) in [7, 11) is 0. The van der Waals surface area contributed by atoms with Crippen molar-refractivity contribution < 1.29 is 0 Å². The molecule has 0 unspecified atom stereocenters. The van der Waals surface area contributed by atoms with Crippen LogP contribution < -0.4 is 0 Å². The minimum absolute atomic E-state index is 0.701. The van der Waals surface area contributed by atoms with Crippen LogP contribution in [0.5, 0.6) is 0 Å². The molecule has 0 saturated heterocycles. The van der Waals surface area contributed by atoms with Crippen LogP contribution in [0.3, 0.4) is 0 Å². The SMILES string of the molecule is CC.N#Cc1ccc2[nH]c3ccccc3c2c1. The second-order valence-electron chi connectivity index (χ2n) is 3.54. The number of hydrogen-bond donors (Lipinski definition) is 1. The molecule has 0 amide bonds. The summed E-state index contributed by atoms with van der Waals surface area (Å²) in [4.78, 5) is 3.32. The lowest BCUT2D eigenvalue weighted by atomic mass is 10.1. The summed E-state index contributed by atoms with van der Waals surface area (Å²) in [5.74, 6) is 0. The lowest BCUT2D eigenvalue weighted by Gasteiger charge is -1.91. The van der Waals surface area contributed by atoms with E-state index in [4.69, 9.17) is 5.26 Å². The van der Waals surface area contributed by atoms with Gasteiger partial charge in [-0.1, -0.05) is 32.0 Å². The van der Waals surface area contributed by atoms with Crippen LogP contribution >= 0.6 is 0 Å². The summed E-state index contributed by atoms with van der Waals surface area (Å²) in [6, 6.07) is 16.0. The smallest absolute Gasteiger partial charge is 0.0991 e. The Morgan fingerprint density at radius 2 is 1.65 bits per heavy atom. The van der Waals surface area contributed by atoms with Gasteiger partial charge in [-0.2, -0.15) is 5.26 Å². The van der Waals surface area contributed by atoms with Crippen LogP contribution in [0.15, 0.2) is 42.5 Å². The zero-order chi connectivity index (χ0) is 12.3. The summed E-state index contributed by atoms with van der Waals surface area (Å²) in [6.07, 6.45) is 0. The van der Waals surface area contributed by atoms with Crippen molar-refractivity contribution in [2.75, 3.05) is 0 Å². The van der Waals surface area contributed by atoms with Crippen molar-refractivity contribution in [3.8, 4) is 6.07 Å². The molecule has 0 bridgehead atoms. The summed E-state index contributed by atoms with van der Waals surface area (Å²) in [5.41, 5.74) is 2.89. The first-order valence-corrected chi connectivity index (χ1v) is 5.79. The van der Waals surface area contributed by atoms with Crippen LogP contribution in [0, 0.1) is 11.3 Å². The number of aromatic nitrogens is 1. The average Bonchev–Trinajstić information content (AvgIpc) is 2.78. The second-order valence-corrected chi connectivity index (χ2v) is 3.54. The fourth-order valence-corrected chi connectivity index (χ4v) is 1.92. The number of aromatic amines is 1. The lowest BCUT2D eigenvalue weighted by Crippen LogP contribution is -1.72. The number of hydrogen-bond acceptors (Lipinski definition) is 1. The first kappa shape index (κ1) is 11.2. The van der Waals surface area contributed by atoms with Crippen molar-refractivity contribution >= 4 is 21.8 Å². The van der Waals surface area contributed by atoms with Gasteiger partial charge in [0.25, 0.3) is 0 Å². The van der Waals surface area contributed by atoms with Gasteiger partial charge in [0.1, 0.15) is 0 Å². The molecule has 17 heavy (non-hydrogen) atoms. The summed E-state index contributed by atoms with van der Waals surface area (Å²) in [5, 5.41) is 11.1. The lowest BCUT2D eigenvalue weighted by molar-refractivity contribution is 1.49. The molecule has 2 nitrogen and oxygen atoms in total. The van der Waals surface area contributed by atoms with Crippen molar-refractivity contribution in [1.82, 2.24) is 4.98 Å². The average molecular weight is 222 g/mol. The van der Waals surface area contributed by atoms with E-state index in [2.05, 4.69) is 17.1 Å². The highest BCUT2D eigenvalue weighted by Gasteiger charge is 2.03. The zero-order valence-electron chi connectivity index (χ0n) is 9.99. The maximum absolute atomic E-state index is 8.85. The standard InChI is InChI=1S/C13H8N2.C2H6/c14-8-9-5-6-13-11(7-9)10-3-1-2-4-12(10)15-13;1-2/h1-7,15H;1-2H3. The van der Waals surface area contributed by atoms with E-state index in [9.17, 15) is 0 Å². The van der Waals surface area contributed by atoms with Gasteiger partial charge in [0.15, 0.2) is 0 Å². The molecule has 1 N–H and O–H groups in total. The number of rotatable bonds is 0. The number of H-pyrrole nitrogens is 1. The molecule has 3 rings (SSSR count). The van der Waals surface area contributed by atoms with E-state index in [-0.39, 0.29) is 0 Å². The van der Waals surface area contributed by atoms with Crippen LogP contribution in [0.1, 0.15) is 19.4 Å². The van der Waals surface area contributed by atoms with Gasteiger partial charge in [0.2, 0.25) is 0 Å². The first-order chi connectivity index (χ1) is 8.38. The summed E-state index contributed by atoms with van der Waals surface area (Å²) < 4.78 is 0. The van der Waals surface area contributed by atoms with Gasteiger partial charge in [-0.05, 0) is 24.3 Å². The topological polar surface area (TPSA) is 39.6 Å². The van der Waals surface area contributed by atoms with Crippen LogP contribution in [0.25, 0.3) is 21.8 Å². The zero-order valence-corrected chi connectivity index (χ0v) is 9.99. The molecule has 1 heterocycles. The highest BCUT2D eigenvalue weighted by Crippen LogP contribution is 2.25. The quantitative estimate of drug-likeness (QED) is 0.607. The molecular formula is C15H14N2. The molecule has 0 fully saturated rings. The molecular weight excluding hydrogens is 208 g/mol.